The van der Waals surface area contributed by atoms with E-state index in [9.17, 15) is 0 Å². The molecule has 66 valence electrons. The van der Waals surface area contributed by atoms with Gasteiger partial charge in [-0.1, -0.05) is 29.8 Å². The van der Waals surface area contributed by atoms with Crippen molar-refractivity contribution >= 4 is 11.8 Å². The van der Waals surface area contributed by atoms with Crippen LogP contribution >= 0.6 is 11.8 Å². The predicted octanol–water partition coefficient (Wildman–Crippen LogP) is 3.59. The van der Waals surface area contributed by atoms with Gasteiger partial charge in [0.15, 0.2) is 0 Å². The monoisotopic (exact) mass is 180 g/mol. The molecule has 0 N–H and O–H groups in total. The Bertz CT molecular complexity index is 263. The van der Waals surface area contributed by atoms with Crippen molar-refractivity contribution < 1.29 is 0 Å². The Hall–Kier alpha value is -0.430. The normalized spacial score (nSPS) is 11.7. The molecule has 0 nitrogen and oxygen atoms in total. The first kappa shape index (κ1) is 9.66. The molecule has 1 aromatic carbocycles. The molecule has 0 fully saturated rings. The number of thioether (sulfide) groups is 1. The molecule has 0 aliphatic rings. The Morgan fingerprint density at radius 3 is 2.42 bits per heavy atom. The van der Waals surface area contributed by atoms with Gasteiger partial charge >= 0.3 is 0 Å². The molecule has 12 heavy (non-hydrogen) atoms. The first-order valence-corrected chi connectivity index (χ1v) is 5.41. The molecule has 1 aromatic rings. The molecule has 0 spiro atoms. The molecule has 1 rings (SSSR count). The maximum absolute atomic E-state index is 2.26. The van der Waals surface area contributed by atoms with Crippen molar-refractivity contribution in [1.29, 1.82) is 0 Å². The van der Waals surface area contributed by atoms with E-state index in [-0.39, 0.29) is 4.75 Å². The van der Waals surface area contributed by atoms with Gasteiger partial charge in [0.1, 0.15) is 0 Å². The molecular weight excluding hydrogens is 164 g/mol. The Balaban J connectivity index is 3.03. The van der Waals surface area contributed by atoms with Crippen molar-refractivity contribution in [2.24, 2.45) is 0 Å². The molecule has 0 saturated heterocycles. The second kappa shape index (κ2) is 3.53. The highest BCUT2D eigenvalue weighted by Crippen LogP contribution is 2.33. The highest BCUT2D eigenvalue weighted by molar-refractivity contribution is 7.99. The zero-order chi connectivity index (χ0) is 9.19. The van der Waals surface area contributed by atoms with Crippen molar-refractivity contribution in [1.82, 2.24) is 0 Å². The average molecular weight is 180 g/mol. The van der Waals surface area contributed by atoms with E-state index in [4.69, 9.17) is 0 Å². The molecule has 0 atom stereocenters. The third-order valence-electron chi connectivity index (χ3n) is 2.22. The highest BCUT2D eigenvalue weighted by Gasteiger charge is 2.17. The fourth-order valence-electron chi connectivity index (χ4n) is 1.14. The van der Waals surface area contributed by atoms with E-state index in [1.807, 2.05) is 11.8 Å². The number of aryl methyl sites for hydroxylation is 1. The second-order valence-electron chi connectivity index (χ2n) is 3.58. The topological polar surface area (TPSA) is 0 Å². The van der Waals surface area contributed by atoms with Gasteiger partial charge in [0.05, 0.1) is 0 Å². The van der Waals surface area contributed by atoms with Gasteiger partial charge in [-0.3, -0.25) is 0 Å². The minimum absolute atomic E-state index is 0.242. The lowest BCUT2D eigenvalue weighted by atomic mass is 10.0. The predicted molar refractivity (Wildman–Crippen MR) is 57.7 cm³/mol. The molecule has 0 saturated carbocycles. The van der Waals surface area contributed by atoms with Gasteiger partial charge in [0.2, 0.25) is 0 Å². The van der Waals surface area contributed by atoms with E-state index in [0.717, 1.165) is 0 Å². The molecule has 0 aliphatic carbocycles. The van der Waals surface area contributed by atoms with Crippen molar-refractivity contribution in [3.63, 3.8) is 0 Å². The summed E-state index contributed by atoms with van der Waals surface area (Å²) in [5, 5.41) is 0. The van der Waals surface area contributed by atoms with Crippen LogP contribution in [-0.2, 0) is 4.75 Å². The van der Waals surface area contributed by atoms with Gasteiger partial charge in [0, 0.05) is 4.75 Å². The smallest absolute Gasteiger partial charge is 0.0349 e. The maximum atomic E-state index is 2.26. The van der Waals surface area contributed by atoms with E-state index < -0.39 is 0 Å². The van der Waals surface area contributed by atoms with Crippen LogP contribution in [-0.4, -0.2) is 6.26 Å². The minimum Gasteiger partial charge on any atom is -0.154 e. The van der Waals surface area contributed by atoms with Gasteiger partial charge in [0.25, 0.3) is 0 Å². The first-order chi connectivity index (χ1) is 5.56. The van der Waals surface area contributed by atoms with E-state index >= 15 is 0 Å². The zero-order valence-electron chi connectivity index (χ0n) is 8.22. The third-order valence-corrected chi connectivity index (χ3v) is 3.48. The van der Waals surface area contributed by atoms with Crippen LogP contribution in [0.25, 0.3) is 0 Å². The lowest BCUT2D eigenvalue weighted by molar-refractivity contribution is 0.784. The van der Waals surface area contributed by atoms with Crippen LogP contribution in [0.15, 0.2) is 24.3 Å². The van der Waals surface area contributed by atoms with E-state index in [0.29, 0.717) is 0 Å². The summed E-state index contributed by atoms with van der Waals surface area (Å²) in [4.78, 5) is 0. The van der Waals surface area contributed by atoms with Gasteiger partial charge in [-0.25, -0.2) is 0 Å². The SMILES string of the molecule is CSC(C)(C)c1cccc(C)c1. The number of hydrogen-bond acceptors (Lipinski definition) is 1. The Labute approximate surface area is 79.4 Å². The fourth-order valence-corrected chi connectivity index (χ4v) is 1.50. The molecule has 0 amide bonds. The lowest BCUT2D eigenvalue weighted by Crippen LogP contribution is -2.10. The summed E-state index contributed by atoms with van der Waals surface area (Å²) in [5.74, 6) is 0. The van der Waals surface area contributed by atoms with Crippen LogP contribution in [0.4, 0.5) is 0 Å². The highest BCUT2D eigenvalue weighted by atomic mass is 32.2. The summed E-state index contributed by atoms with van der Waals surface area (Å²) in [7, 11) is 0. The van der Waals surface area contributed by atoms with Crippen LogP contribution in [0.3, 0.4) is 0 Å². The Morgan fingerprint density at radius 1 is 1.25 bits per heavy atom. The van der Waals surface area contributed by atoms with Crippen LogP contribution in [0.2, 0.25) is 0 Å². The van der Waals surface area contributed by atoms with E-state index in [1.54, 1.807) is 0 Å². The maximum Gasteiger partial charge on any atom is 0.0349 e. The Kier molecular flexibility index (Phi) is 2.84. The van der Waals surface area contributed by atoms with Gasteiger partial charge in [-0.2, -0.15) is 11.8 Å². The second-order valence-corrected chi connectivity index (χ2v) is 5.01. The van der Waals surface area contributed by atoms with Gasteiger partial charge in [-0.05, 0) is 32.6 Å². The van der Waals surface area contributed by atoms with Crippen LogP contribution in [0.5, 0.6) is 0 Å². The molecular formula is C11H16S. The first-order valence-electron chi connectivity index (χ1n) is 4.18. The third kappa shape index (κ3) is 2.04. The molecule has 1 heteroatoms. The molecule has 0 aliphatic heterocycles. The Morgan fingerprint density at radius 2 is 1.92 bits per heavy atom. The molecule has 0 heterocycles. The molecule has 0 unspecified atom stereocenters. The van der Waals surface area contributed by atoms with E-state index in [1.165, 1.54) is 11.1 Å². The standard InChI is InChI=1S/C11H16S/c1-9-6-5-7-10(8-9)11(2,3)12-4/h5-8H,1-4H3. The van der Waals surface area contributed by atoms with Crippen LogP contribution in [0.1, 0.15) is 25.0 Å². The summed E-state index contributed by atoms with van der Waals surface area (Å²) in [6.45, 7) is 6.65. The summed E-state index contributed by atoms with van der Waals surface area (Å²) in [6, 6.07) is 8.72. The van der Waals surface area contributed by atoms with Gasteiger partial charge < -0.3 is 0 Å². The van der Waals surface area contributed by atoms with Crippen LogP contribution < -0.4 is 0 Å². The lowest BCUT2D eigenvalue weighted by Gasteiger charge is -2.22. The largest absolute Gasteiger partial charge is 0.154 e. The number of hydrogen-bond donors (Lipinski definition) is 0. The van der Waals surface area contributed by atoms with E-state index in [2.05, 4.69) is 51.3 Å². The fraction of sp³-hybridized carbons (Fsp3) is 0.455. The van der Waals surface area contributed by atoms with Gasteiger partial charge in [-0.15, -0.1) is 0 Å². The molecule has 0 aromatic heterocycles. The summed E-state index contributed by atoms with van der Waals surface area (Å²) in [6.07, 6.45) is 2.16. The zero-order valence-corrected chi connectivity index (χ0v) is 9.03. The van der Waals surface area contributed by atoms with Crippen LogP contribution in [0, 0.1) is 6.92 Å². The molecule has 0 bridgehead atoms. The van der Waals surface area contributed by atoms with Crippen molar-refractivity contribution in [2.75, 3.05) is 6.26 Å². The average Bonchev–Trinajstić information content (AvgIpc) is 2.05. The summed E-state index contributed by atoms with van der Waals surface area (Å²) >= 11 is 1.89. The minimum atomic E-state index is 0.242. The summed E-state index contributed by atoms with van der Waals surface area (Å²) < 4.78 is 0.242. The van der Waals surface area contributed by atoms with Crippen molar-refractivity contribution in [3.05, 3.63) is 35.4 Å². The summed E-state index contributed by atoms with van der Waals surface area (Å²) in [5.41, 5.74) is 2.75. The number of rotatable bonds is 2. The quantitative estimate of drug-likeness (QED) is 0.670. The van der Waals surface area contributed by atoms with Crippen molar-refractivity contribution in [2.45, 2.75) is 25.5 Å². The van der Waals surface area contributed by atoms with Crippen molar-refractivity contribution in [3.8, 4) is 0 Å². The number of benzene rings is 1. The molecule has 0 radical (unpaired) electrons.